The normalized spacial score (nSPS) is 12.7. The minimum Gasteiger partial charge on any atom is -0.486 e. The zero-order valence-corrected chi connectivity index (χ0v) is 23.6. The topological polar surface area (TPSA) is 76.8 Å². The molecule has 0 saturated heterocycles. The van der Waals surface area contributed by atoms with Crippen molar-refractivity contribution in [1.82, 2.24) is 4.90 Å². The third kappa shape index (κ3) is 4.76. The molecule has 43 heavy (non-hydrogen) atoms. The van der Waals surface area contributed by atoms with E-state index >= 15 is 0 Å². The summed E-state index contributed by atoms with van der Waals surface area (Å²) in [5, 5.41) is 2.84. The van der Waals surface area contributed by atoms with E-state index in [1.54, 1.807) is 36.4 Å². The summed E-state index contributed by atoms with van der Waals surface area (Å²) >= 11 is 6.55. The minimum absolute atomic E-state index is 0.0489. The molecule has 6 nitrogen and oxygen atoms in total. The standard InChI is InChI=1S/C36H24ClNO5/c37-26-20-29(25-16-15-22-9-4-5-12-24(22)19-25)33-30(21-26)31(39)34(32(43-33)23-10-2-1-3-11-23)42-18-8-17-38-35(40)27-13-6-7-14-28(27)36(38)41/h1-7,9-16,19-21H,8,17-18H2. The highest BCUT2D eigenvalue weighted by atomic mass is 35.5. The van der Waals surface area contributed by atoms with Gasteiger partial charge in [-0.2, -0.15) is 0 Å². The van der Waals surface area contributed by atoms with Gasteiger partial charge >= 0.3 is 0 Å². The van der Waals surface area contributed by atoms with Crippen molar-refractivity contribution < 1.29 is 18.7 Å². The van der Waals surface area contributed by atoms with Crippen molar-refractivity contribution in [3.05, 3.63) is 136 Å². The zero-order valence-electron chi connectivity index (χ0n) is 22.9. The van der Waals surface area contributed by atoms with Crippen molar-refractivity contribution in [2.45, 2.75) is 6.42 Å². The molecule has 1 aliphatic rings. The number of amides is 2. The van der Waals surface area contributed by atoms with Crippen LogP contribution in [-0.4, -0.2) is 29.9 Å². The Labute approximate surface area is 251 Å². The summed E-state index contributed by atoms with van der Waals surface area (Å²) in [6.45, 7) is 0.242. The predicted octanol–water partition coefficient (Wildman–Crippen LogP) is 8.00. The molecule has 5 aromatic carbocycles. The second-order valence-corrected chi connectivity index (χ2v) is 10.8. The molecule has 6 aromatic rings. The smallest absolute Gasteiger partial charge is 0.261 e. The lowest BCUT2D eigenvalue weighted by Crippen LogP contribution is -2.31. The van der Waals surface area contributed by atoms with Crippen molar-refractivity contribution in [2.75, 3.05) is 13.2 Å². The number of carbonyl (C=O) groups is 2. The van der Waals surface area contributed by atoms with Gasteiger partial charge in [0.25, 0.3) is 11.8 Å². The molecule has 0 radical (unpaired) electrons. The van der Waals surface area contributed by atoms with E-state index in [-0.39, 0.29) is 36.1 Å². The fraction of sp³-hybridized carbons (Fsp3) is 0.0833. The first-order valence-corrected chi connectivity index (χ1v) is 14.3. The molecular weight excluding hydrogens is 562 g/mol. The van der Waals surface area contributed by atoms with Gasteiger partial charge in [0.1, 0.15) is 5.58 Å². The van der Waals surface area contributed by atoms with Gasteiger partial charge in [-0.3, -0.25) is 19.3 Å². The third-order valence-electron chi connectivity index (χ3n) is 7.66. The highest BCUT2D eigenvalue weighted by molar-refractivity contribution is 6.32. The molecule has 1 aromatic heterocycles. The summed E-state index contributed by atoms with van der Waals surface area (Å²) in [5.74, 6) is -0.311. The van der Waals surface area contributed by atoms with Crippen molar-refractivity contribution >= 4 is 45.2 Å². The zero-order chi connectivity index (χ0) is 29.5. The number of rotatable bonds is 7. The highest BCUT2D eigenvalue weighted by Gasteiger charge is 2.34. The first-order chi connectivity index (χ1) is 21.0. The monoisotopic (exact) mass is 585 g/mol. The van der Waals surface area contributed by atoms with Gasteiger partial charge in [-0.1, -0.05) is 90.5 Å². The Bertz CT molecular complexity index is 2080. The van der Waals surface area contributed by atoms with Gasteiger partial charge in [0.05, 0.1) is 23.1 Å². The fourth-order valence-corrected chi connectivity index (χ4v) is 5.79. The molecule has 0 N–H and O–H groups in total. The summed E-state index contributed by atoms with van der Waals surface area (Å²) in [6, 6.07) is 33.6. The maximum absolute atomic E-state index is 14.0. The van der Waals surface area contributed by atoms with E-state index in [1.165, 1.54) is 4.90 Å². The Hall–Kier alpha value is -5.20. The summed E-state index contributed by atoms with van der Waals surface area (Å²) in [6.07, 6.45) is 0.328. The molecular formula is C36H24ClNO5. The van der Waals surface area contributed by atoms with Crippen LogP contribution < -0.4 is 10.2 Å². The number of ether oxygens (including phenoxy) is 1. The van der Waals surface area contributed by atoms with Gasteiger partial charge in [-0.05, 0) is 53.1 Å². The van der Waals surface area contributed by atoms with Crippen LogP contribution in [0.4, 0.5) is 0 Å². The maximum atomic E-state index is 14.0. The number of hydrogen-bond acceptors (Lipinski definition) is 5. The summed E-state index contributed by atoms with van der Waals surface area (Å²) < 4.78 is 12.6. The number of carbonyl (C=O) groups excluding carboxylic acids is 2. The van der Waals surface area contributed by atoms with Crippen molar-refractivity contribution in [3.8, 4) is 28.2 Å². The van der Waals surface area contributed by atoms with Crippen LogP contribution in [0.2, 0.25) is 5.02 Å². The number of hydrogen-bond donors (Lipinski definition) is 0. The average Bonchev–Trinajstić information content (AvgIpc) is 3.28. The third-order valence-corrected chi connectivity index (χ3v) is 7.88. The van der Waals surface area contributed by atoms with Gasteiger partial charge in [0.15, 0.2) is 5.76 Å². The Morgan fingerprint density at radius 2 is 1.35 bits per heavy atom. The second kappa shape index (κ2) is 10.9. The van der Waals surface area contributed by atoms with Crippen LogP contribution in [0.15, 0.2) is 118 Å². The largest absolute Gasteiger partial charge is 0.486 e. The lowest BCUT2D eigenvalue weighted by Gasteiger charge is -2.16. The Morgan fingerprint density at radius 1 is 0.674 bits per heavy atom. The number of benzene rings is 5. The van der Waals surface area contributed by atoms with Crippen LogP contribution >= 0.6 is 11.6 Å². The number of fused-ring (bicyclic) bond motifs is 3. The van der Waals surface area contributed by atoms with E-state index in [1.807, 2.05) is 72.8 Å². The van der Waals surface area contributed by atoms with E-state index in [9.17, 15) is 14.4 Å². The second-order valence-electron chi connectivity index (χ2n) is 10.4. The Kier molecular flexibility index (Phi) is 6.76. The minimum atomic E-state index is -0.356. The molecule has 2 heterocycles. The van der Waals surface area contributed by atoms with Crippen LogP contribution in [0.25, 0.3) is 44.2 Å². The molecule has 7 rings (SSSR count). The van der Waals surface area contributed by atoms with Gasteiger partial charge in [0, 0.05) is 22.7 Å². The van der Waals surface area contributed by atoms with Gasteiger partial charge in [0.2, 0.25) is 11.2 Å². The van der Waals surface area contributed by atoms with Crippen LogP contribution in [-0.2, 0) is 0 Å². The number of halogens is 1. The molecule has 0 aliphatic carbocycles. The summed E-state index contributed by atoms with van der Waals surface area (Å²) in [4.78, 5) is 40.7. The van der Waals surface area contributed by atoms with Crippen molar-refractivity contribution in [3.63, 3.8) is 0 Å². The Balaban J connectivity index is 1.25. The highest BCUT2D eigenvalue weighted by Crippen LogP contribution is 2.38. The predicted molar refractivity (Wildman–Crippen MR) is 168 cm³/mol. The van der Waals surface area contributed by atoms with Gasteiger partial charge in [-0.15, -0.1) is 0 Å². The molecule has 7 heteroatoms. The quantitative estimate of drug-likeness (QED) is 0.140. The first-order valence-electron chi connectivity index (χ1n) is 13.9. The maximum Gasteiger partial charge on any atom is 0.261 e. The van der Waals surface area contributed by atoms with Gasteiger partial charge < -0.3 is 9.15 Å². The lowest BCUT2D eigenvalue weighted by molar-refractivity contribution is 0.0646. The van der Waals surface area contributed by atoms with Crippen LogP contribution in [0.1, 0.15) is 27.1 Å². The molecule has 2 amide bonds. The molecule has 0 spiro atoms. The number of imide groups is 1. The van der Waals surface area contributed by atoms with Crippen molar-refractivity contribution in [2.24, 2.45) is 0 Å². The molecule has 0 bridgehead atoms. The van der Waals surface area contributed by atoms with E-state index < -0.39 is 0 Å². The van der Waals surface area contributed by atoms with E-state index in [0.717, 1.165) is 16.3 Å². The molecule has 0 fully saturated rings. The average molecular weight is 586 g/mol. The van der Waals surface area contributed by atoms with E-state index in [0.29, 0.717) is 50.4 Å². The molecule has 0 unspecified atom stereocenters. The van der Waals surface area contributed by atoms with Crippen molar-refractivity contribution in [1.29, 1.82) is 0 Å². The summed E-state index contributed by atoms with van der Waals surface area (Å²) in [5.41, 5.74) is 3.08. The van der Waals surface area contributed by atoms with E-state index in [2.05, 4.69) is 0 Å². The summed E-state index contributed by atoms with van der Waals surface area (Å²) in [7, 11) is 0. The lowest BCUT2D eigenvalue weighted by atomic mass is 9.99. The van der Waals surface area contributed by atoms with Crippen LogP contribution in [0.3, 0.4) is 0 Å². The van der Waals surface area contributed by atoms with E-state index in [4.69, 9.17) is 20.8 Å². The Morgan fingerprint density at radius 3 is 2.09 bits per heavy atom. The molecule has 0 saturated carbocycles. The van der Waals surface area contributed by atoms with Gasteiger partial charge in [-0.25, -0.2) is 0 Å². The number of nitrogens with zero attached hydrogens (tertiary/aromatic N) is 1. The molecule has 0 atom stereocenters. The molecule has 210 valence electrons. The molecule has 1 aliphatic heterocycles. The fourth-order valence-electron chi connectivity index (χ4n) is 5.57. The van der Waals surface area contributed by atoms with Crippen LogP contribution in [0.5, 0.6) is 5.75 Å². The SMILES string of the molecule is O=C1c2ccccc2C(=O)N1CCCOc1c(-c2ccccc2)oc2c(-c3ccc4ccccc4c3)cc(Cl)cc2c1=O. The first kappa shape index (κ1) is 26.7. The van der Waals surface area contributed by atoms with Crippen LogP contribution in [0, 0.1) is 0 Å².